The number of para-hydroxylation sites is 2. The fourth-order valence-corrected chi connectivity index (χ4v) is 8.42. The van der Waals surface area contributed by atoms with E-state index in [1.54, 1.807) is 0 Å². The Kier molecular flexibility index (Phi) is 7.82. The van der Waals surface area contributed by atoms with Crippen LogP contribution in [0, 0.1) is 0 Å². The maximum absolute atomic E-state index is 6.23. The van der Waals surface area contributed by atoms with Crippen molar-refractivity contribution in [1.82, 2.24) is 4.57 Å². The van der Waals surface area contributed by atoms with Crippen molar-refractivity contribution >= 4 is 60.8 Å². The molecule has 0 saturated carbocycles. The number of aromatic nitrogens is 1. The highest BCUT2D eigenvalue weighted by Crippen LogP contribution is 2.41. The maximum atomic E-state index is 6.23. The molecule has 0 aliphatic rings. The minimum Gasteiger partial charge on any atom is -0.456 e. The van der Waals surface area contributed by atoms with Gasteiger partial charge in [0.15, 0.2) is 0 Å². The van der Waals surface area contributed by atoms with Gasteiger partial charge in [0.2, 0.25) is 0 Å². The average Bonchev–Trinajstić information content (AvgIpc) is 3.83. The quantitative estimate of drug-likeness (QED) is 0.163. The van der Waals surface area contributed by atoms with Gasteiger partial charge in [-0.15, -0.1) is 0 Å². The third kappa shape index (κ3) is 5.76. The minimum atomic E-state index is 0.891. The van der Waals surface area contributed by atoms with Crippen molar-refractivity contribution in [1.29, 1.82) is 0 Å². The van der Waals surface area contributed by atoms with Crippen molar-refractivity contribution in [2.75, 3.05) is 4.90 Å². The number of fused-ring (bicyclic) bond motifs is 6. The predicted octanol–water partition coefficient (Wildman–Crippen LogP) is 15.2. The molecule has 57 heavy (non-hydrogen) atoms. The molecule has 0 spiro atoms. The van der Waals surface area contributed by atoms with E-state index < -0.39 is 0 Å². The van der Waals surface area contributed by atoms with E-state index in [1.165, 1.54) is 44.2 Å². The van der Waals surface area contributed by atoms with Crippen LogP contribution in [0.25, 0.3) is 82.8 Å². The first kappa shape index (κ1) is 32.8. The molecule has 0 aliphatic heterocycles. The summed E-state index contributed by atoms with van der Waals surface area (Å²) in [5.41, 5.74) is 15.6. The van der Waals surface area contributed by atoms with Crippen LogP contribution in [0.5, 0.6) is 0 Å². The van der Waals surface area contributed by atoms with E-state index >= 15 is 0 Å². The van der Waals surface area contributed by atoms with Gasteiger partial charge in [0.1, 0.15) is 11.2 Å². The first-order valence-corrected chi connectivity index (χ1v) is 19.4. The molecule has 0 fully saturated rings. The summed E-state index contributed by atoms with van der Waals surface area (Å²) in [6.07, 6.45) is 0. The number of anilines is 3. The van der Waals surface area contributed by atoms with Crippen molar-refractivity contribution in [3.8, 4) is 39.1 Å². The Morgan fingerprint density at radius 2 is 0.807 bits per heavy atom. The van der Waals surface area contributed by atoms with Crippen LogP contribution in [0.4, 0.5) is 17.1 Å². The lowest BCUT2D eigenvalue weighted by Gasteiger charge is -2.26. The molecule has 3 nitrogen and oxygen atoms in total. The van der Waals surface area contributed by atoms with E-state index in [0.29, 0.717) is 0 Å². The van der Waals surface area contributed by atoms with Crippen molar-refractivity contribution in [2.45, 2.75) is 0 Å². The largest absolute Gasteiger partial charge is 0.456 e. The zero-order valence-corrected chi connectivity index (χ0v) is 31.1. The normalized spacial score (nSPS) is 11.5. The van der Waals surface area contributed by atoms with Crippen LogP contribution < -0.4 is 4.90 Å². The molecule has 0 radical (unpaired) electrons. The zero-order valence-electron chi connectivity index (χ0n) is 31.1. The van der Waals surface area contributed by atoms with Gasteiger partial charge in [-0.3, -0.25) is 0 Å². The summed E-state index contributed by atoms with van der Waals surface area (Å²) in [5, 5.41) is 4.66. The Morgan fingerprint density at radius 3 is 1.51 bits per heavy atom. The molecule has 268 valence electrons. The topological polar surface area (TPSA) is 21.3 Å². The summed E-state index contributed by atoms with van der Waals surface area (Å²) >= 11 is 0. The summed E-state index contributed by atoms with van der Waals surface area (Å²) in [6, 6.07) is 78.2. The van der Waals surface area contributed by atoms with Crippen LogP contribution in [0.2, 0.25) is 0 Å². The lowest BCUT2D eigenvalue weighted by molar-refractivity contribution is 0.669. The van der Waals surface area contributed by atoms with Crippen molar-refractivity contribution < 1.29 is 4.42 Å². The highest BCUT2D eigenvalue weighted by Gasteiger charge is 2.19. The smallest absolute Gasteiger partial charge is 0.135 e. The first-order valence-electron chi connectivity index (χ1n) is 19.4. The van der Waals surface area contributed by atoms with E-state index in [0.717, 1.165) is 55.7 Å². The highest BCUT2D eigenvalue weighted by molar-refractivity contribution is 6.11. The summed E-state index contributed by atoms with van der Waals surface area (Å²) in [7, 11) is 0. The zero-order chi connectivity index (χ0) is 37.7. The van der Waals surface area contributed by atoms with Crippen LogP contribution in [-0.4, -0.2) is 4.57 Å². The molecule has 0 saturated heterocycles. The summed E-state index contributed by atoms with van der Waals surface area (Å²) in [5.74, 6) is 0. The molecule has 11 rings (SSSR count). The Morgan fingerprint density at radius 1 is 0.298 bits per heavy atom. The van der Waals surface area contributed by atoms with Gasteiger partial charge in [-0.2, -0.15) is 0 Å². The lowest BCUT2D eigenvalue weighted by Crippen LogP contribution is -2.10. The fourth-order valence-electron chi connectivity index (χ4n) is 8.42. The molecule has 2 heterocycles. The first-order chi connectivity index (χ1) is 28.2. The van der Waals surface area contributed by atoms with E-state index in [4.69, 9.17) is 4.42 Å². The van der Waals surface area contributed by atoms with Crippen LogP contribution in [0.1, 0.15) is 0 Å². The van der Waals surface area contributed by atoms with E-state index in [1.807, 2.05) is 12.1 Å². The van der Waals surface area contributed by atoms with E-state index in [9.17, 15) is 0 Å². The van der Waals surface area contributed by atoms with Crippen LogP contribution in [0.3, 0.4) is 0 Å². The standard InChI is InChI=1S/C54H36N2O/c1-3-12-37(13-4-1)39-22-26-43(27-23-39)55(44-28-24-40(25-29-44)42-17-11-16-41(34-42)38-14-5-2-6-15-38)46-30-32-48-47-18-7-9-20-51(47)56(52(48)36-46)45-31-33-54-50(35-45)49-19-8-10-21-53(49)57-54/h1-36H. The Balaban J connectivity index is 1.06. The van der Waals surface area contributed by atoms with Crippen LogP contribution in [0.15, 0.2) is 223 Å². The number of rotatable bonds is 7. The molecule has 9 aromatic carbocycles. The minimum absolute atomic E-state index is 0.891. The molecule has 0 atom stereocenters. The number of nitrogens with zero attached hydrogens (tertiary/aromatic N) is 2. The van der Waals surface area contributed by atoms with E-state index in [2.05, 4.69) is 216 Å². The molecular weight excluding hydrogens is 693 g/mol. The number of hydrogen-bond donors (Lipinski definition) is 0. The summed E-state index contributed by atoms with van der Waals surface area (Å²) in [6.45, 7) is 0. The van der Waals surface area contributed by atoms with Crippen molar-refractivity contribution in [3.63, 3.8) is 0 Å². The third-order valence-electron chi connectivity index (χ3n) is 11.2. The molecule has 3 heteroatoms. The Labute approximate surface area is 330 Å². The van der Waals surface area contributed by atoms with Crippen LogP contribution >= 0.6 is 0 Å². The second-order valence-electron chi connectivity index (χ2n) is 14.6. The fraction of sp³-hybridized carbons (Fsp3) is 0. The van der Waals surface area contributed by atoms with Crippen molar-refractivity contribution in [3.05, 3.63) is 218 Å². The third-order valence-corrected chi connectivity index (χ3v) is 11.2. The monoisotopic (exact) mass is 728 g/mol. The Bertz CT molecular complexity index is 3210. The molecule has 0 amide bonds. The molecule has 0 bridgehead atoms. The van der Waals surface area contributed by atoms with Gasteiger partial charge < -0.3 is 13.9 Å². The second kappa shape index (κ2) is 13.6. The lowest BCUT2D eigenvalue weighted by atomic mass is 9.99. The number of benzene rings is 9. The van der Waals surface area contributed by atoms with Gasteiger partial charge in [0.05, 0.1) is 11.0 Å². The molecule has 2 aromatic heterocycles. The molecule has 0 aliphatic carbocycles. The van der Waals surface area contributed by atoms with Crippen LogP contribution in [-0.2, 0) is 0 Å². The molecular formula is C54H36N2O. The summed E-state index contributed by atoms with van der Waals surface area (Å²) in [4.78, 5) is 2.37. The molecule has 0 N–H and O–H groups in total. The summed E-state index contributed by atoms with van der Waals surface area (Å²) < 4.78 is 8.63. The van der Waals surface area contributed by atoms with Gasteiger partial charge in [0.25, 0.3) is 0 Å². The van der Waals surface area contributed by atoms with Gasteiger partial charge in [-0.1, -0.05) is 146 Å². The maximum Gasteiger partial charge on any atom is 0.135 e. The van der Waals surface area contributed by atoms with Crippen molar-refractivity contribution in [2.24, 2.45) is 0 Å². The second-order valence-corrected chi connectivity index (χ2v) is 14.6. The molecule has 11 aromatic rings. The number of furan rings is 1. The van der Waals surface area contributed by atoms with Gasteiger partial charge in [-0.25, -0.2) is 0 Å². The van der Waals surface area contributed by atoms with Gasteiger partial charge >= 0.3 is 0 Å². The number of hydrogen-bond acceptors (Lipinski definition) is 2. The highest BCUT2D eigenvalue weighted by atomic mass is 16.3. The predicted molar refractivity (Wildman–Crippen MR) is 239 cm³/mol. The van der Waals surface area contributed by atoms with Gasteiger partial charge in [-0.05, 0) is 106 Å². The van der Waals surface area contributed by atoms with E-state index in [-0.39, 0.29) is 0 Å². The average molecular weight is 729 g/mol. The van der Waals surface area contributed by atoms with Gasteiger partial charge in [0, 0.05) is 44.3 Å². The molecule has 0 unspecified atom stereocenters. The Hall–Kier alpha value is -7.62. The SMILES string of the molecule is c1ccc(-c2ccc(N(c3ccc(-c4cccc(-c5ccccc5)c4)cc3)c3ccc4c5ccccc5n(-c5ccc6oc7ccccc7c6c5)c4c3)cc2)cc1.